The number of β-lactam (4-membered cyclic amide) rings is 1. The largest absolute Gasteiger partial charge is 0.467 e. The van der Waals surface area contributed by atoms with E-state index in [9.17, 15) is 22.8 Å². The minimum Gasteiger partial charge on any atom is -0.467 e. The molecule has 3 rings (SSSR count). The van der Waals surface area contributed by atoms with Crippen LogP contribution in [0.4, 0.5) is 0 Å². The quantitative estimate of drug-likeness (QED) is 0.552. The maximum absolute atomic E-state index is 13.0. The van der Waals surface area contributed by atoms with Gasteiger partial charge in [0.2, 0.25) is 17.7 Å². The summed E-state index contributed by atoms with van der Waals surface area (Å²) < 4.78 is 29.1. The second kappa shape index (κ2) is 8.02. The van der Waals surface area contributed by atoms with Crippen molar-refractivity contribution in [2.45, 2.75) is 55.4 Å². The third-order valence-corrected chi connectivity index (χ3v) is 8.93. The van der Waals surface area contributed by atoms with E-state index in [-0.39, 0.29) is 18.9 Å². The van der Waals surface area contributed by atoms with Crippen molar-refractivity contribution < 1.29 is 27.2 Å². The molecule has 160 valence electrons. The number of fused-ring (bicyclic) bond motifs is 1. The lowest BCUT2D eigenvalue weighted by Crippen LogP contribution is -2.61. The molecule has 29 heavy (non-hydrogen) atoms. The number of hydrogen-bond acceptors (Lipinski definition) is 7. The maximum Gasteiger partial charge on any atom is 0.245 e. The highest BCUT2D eigenvalue weighted by atomic mass is 32.2. The molecule has 1 aromatic rings. The molecule has 0 bridgehead atoms. The first-order valence-corrected chi connectivity index (χ1v) is 12.2. The predicted molar refractivity (Wildman–Crippen MR) is 108 cm³/mol. The van der Waals surface area contributed by atoms with E-state index < -0.39 is 43.9 Å². The number of carbonyl (C=O) groups excluding carboxylic acids is 3. The molecule has 0 radical (unpaired) electrons. The Hall–Kier alpha value is -2.01. The number of nitrogens with one attached hydrogen (secondary N) is 2. The van der Waals surface area contributed by atoms with Crippen LogP contribution < -0.4 is 10.6 Å². The highest BCUT2D eigenvalue weighted by Crippen LogP contribution is 2.45. The van der Waals surface area contributed by atoms with Gasteiger partial charge in [-0.05, 0) is 44.4 Å². The minimum atomic E-state index is -3.68. The Morgan fingerprint density at radius 3 is 2.72 bits per heavy atom. The Morgan fingerprint density at radius 2 is 2.14 bits per heavy atom. The Kier molecular flexibility index (Phi) is 6.00. The van der Waals surface area contributed by atoms with Crippen molar-refractivity contribution in [2.75, 3.05) is 12.0 Å². The number of sulfone groups is 1. The van der Waals surface area contributed by atoms with E-state index in [1.54, 1.807) is 12.1 Å². The van der Waals surface area contributed by atoms with Crippen molar-refractivity contribution in [3.05, 3.63) is 24.2 Å². The SMILES string of the molecule is CSCCC(NC(=O)C1N2C(=O)CC2S(=O)(=O)C1(C)C)C(=O)NCc1ccco1. The monoisotopic (exact) mass is 443 g/mol. The molecular weight excluding hydrogens is 418 g/mol. The zero-order valence-corrected chi connectivity index (χ0v) is 18.1. The smallest absolute Gasteiger partial charge is 0.245 e. The number of amides is 3. The normalized spacial score (nSPS) is 25.1. The Labute approximate surface area is 173 Å². The molecule has 0 spiro atoms. The van der Waals surface area contributed by atoms with Crippen LogP contribution in [0.3, 0.4) is 0 Å². The topological polar surface area (TPSA) is 126 Å². The lowest BCUT2D eigenvalue weighted by Gasteiger charge is -2.37. The van der Waals surface area contributed by atoms with Crippen LogP contribution in [-0.2, 0) is 30.8 Å². The lowest BCUT2D eigenvalue weighted by molar-refractivity contribution is -0.150. The summed E-state index contributed by atoms with van der Waals surface area (Å²) in [5.41, 5.74) is 0. The van der Waals surface area contributed by atoms with Gasteiger partial charge in [-0.3, -0.25) is 14.4 Å². The number of hydrogen-bond donors (Lipinski definition) is 2. The van der Waals surface area contributed by atoms with Gasteiger partial charge in [-0.1, -0.05) is 0 Å². The number of rotatable bonds is 8. The molecule has 3 atom stereocenters. The zero-order chi connectivity index (χ0) is 21.4. The molecule has 11 heteroatoms. The molecule has 3 amide bonds. The van der Waals surface area contributed by atoms with Gasteiger partial charge in [0.25, 0.3) is 0 Å². The van der Waals surface area contributed by atoms with Gasteiger partial charge in [-0.15, -0.1) is 0 Å². The van der Waals surface area contributed by atoms with E-state index >= 15 is 0 Å². The Morgan fingerprint density at radius 1 is 1.41 bits per heavy atom. The van der Waals surface area contributed by atoms with Crippen molar-refractivity contribution in [2.24, 2.45) is 0 Å². The summed E-state index contributed by atoms with van der Waals surface area (Å²) in [6, 6.07) is 1.42. The van der Waals surface area contributed by atoms with Crippen molar-refractivity contribution in [1.29, 1.82) is 0 Å². The summed E-state index contributed by atoms with van der Waals surface area (Å²) in [5.74, 6) is -0.198. The Bertz CT molecular complexity index is 897. The predicted octanol–water partition coefficient (Wildman–Crippen LogP) is 0.268. The van der Waals surface area contributed by atoms with Gasteiger partial charge in [0.05, 0.1) is 24.0 Å². The van der Waals surface area contributed by atoms with Gasteiger partial charge in [-0.2, -0.15) is 11.8 Å². The van der Waals surface area contributed by atoms with Crippen LogP contribution in [0.25, 0.3) is 0 Å². The summed E-state index contributed by atoms with van der Waals surface area (Å²) >= 11 is 1.52. The van der Waals surface area contributed by atoms with E-state index in [1.165, 1.54) is 31.9 Å². The van der Waals surface area contributed by atoms with E-state index in [1.807, 2.05) is 6.26 Å². The van der Waals surface area contributed by atoms with Crippen LogP contribution in [-0.4, -0.2) is 65.3 Å². The molecule has 2 aliphatic rings. The molecule has 2 saturated heterocycles. The molecular formula is C18H25N3O6S2. The third-order valence-electron chi connectivity index (χ3n) is 5.48. The van der Waals surface area contributed by atoms with Crippen LogP contribution >= 0.6 is 11.8 Å². The molecule has 3 unspecified atom stereocenters. The van der Waals surface area contributed by atoms with Crippen molar-refractivity contribution in [3.8, 4) is 0 Å². The van der Waals surface area contributed by atoms with Gasteiger partial charge >= 0.3 is 0 Å². The van der Waals surface area contributed by atoms with Gasteiger partial charge in [0.1, 0.15) is 23.2 Å². The second-order valence-electron chi connectivity index (χ2n) is 7.65. The van der Waals surface area contributed by atoms with Crippen LogP contribution in [0.1, 0.15) is 32.4 Å². The molecule has 1 aromatic heterocycles. The second-order valence-corrected chi connectivity index (χ2v) is 11.3. The minimum absolute atomic E-state index is 0.102. The molecule has 3 heterocycles. The standard InChI is InChI=1S/C18H25N3O6S2/c1-18(2)15(21-13(22)9-14(21)29(18,25)26)17(24)20-12(6-8-28-3)16(23)19-10-11-5-4-7-27-11/h4-5,7,12,14-15H,6,8-10H2,1-3H3,(H,19,23)(H,20,24). The van der Waals surface area contributed by atoms with Crippen LogP contribution in [0, 0.1) is 0 Å². The Balaban J connectivity index is 1.73. The van der Waals surface area contributed by atoms with Crippen molar-refractivity contribution in [1.82, 2.24) is 15.5 Å². The summed E-state index contributed by atoms with van der Waals surface area (Å²) in [4.78, 5) is 38.8. The van der Waals surface area contributed by atoms with Gasteiger partial charge in [-0.25, -0.2) is 8.42 Å². The highest BCUT2D eigenvalue weighted by Gasteiger charge is 2.67. The molecule has 2 N–H and O–H groups in total. The zero-order valence-electron chi connectivity index (χ0n) is 16.5. The molecule has 2 aliphatic heterocycles. The summed E-state index contributed by atoms with van der Waals surface area (Å²) in [6.07, 6.45) is 3.65. The molecule has 0 aromatic carbocycles. The fraction of sp³-hybridized carbons (Fsp3) is 0.611. The average Bonchev–Trinajstić information content (AvgIpc) is 3.21. The molecule has 0 saturated carbocycles. The molecule has 2 fully saturated rings. The van der Waals surface area contributed by atoms with Crippen LogP contribution in [0.5, 0.6) is 0 Å². The van der Waals surface area contributed by atoms with Crippen molar-refractivity contribution >= 4 is 39.3 Å². The lowest BCUT2D eigenvalue weighted by atomic mass is 9.97. The van der Waals surface area contributed by atoms with E-state index in [4.69, 9.17) is 4.42 Å². The molecule has 0 aliphatic carbocycles. The first kappa shape index (κ1) is 21.7. The number of furan rings is 1. The number of carbonyl (C=O) groups is 3. The summed E-state index contributed by atoms with van der Waals surface area (Å²) in [7, 11) is -3.68. The van der Waals surface area contributed by atoms with Gasteiger partial charge in [0, 0.05) is 0 Å². The third kappa shape index (κ3) is 3.77. The summed E-state index contributed by atoms with van der Waals surface area (Å²) in [5, 5.41) is 4.42. The van der Waals surface area contributed by atoms with E-state index in [2.05, 4.69) is 10.6 Å². The fourth-order valence-corrected chi connectivity index (χ4v) is 6.32. The first-order valence-electron chi connectivity index (χ1n) is 9.25. The highest BCUT2D eigenvalue weighted by molar-refractivity contribution is 7.98. The summed E-state index contributed by atoms with van der Waals surface area (Å²) in [6.45, 7) is 3.07. The van der Waals surface area contributed by atoms with Crippen molar-refractivity contribution in [3.63, 3.8) is 0 Å². The first-order chi connectivity index (χ1) is 13.6. The molecule has 9 nitrogen and oxygen atoms in total. The van der Waals surface area contributed by atoms with E-state index in [0.717, 1.165) is 4.90 Å². The number of thioether (sulfide) groups is 1. The maximum atomic E-state index is 13.0. The average molecular weight is 444 g/mol. The van der Waals surface area contributed by atoms with Gasteiger partial charge < -0.3 is 20.0 Å². The van der Waals surface area contributed by atoms with Gasteiger partial charge in [0.15, 0.2) is 9.84 Å². The fourth-order valence-electron chi connectivity index (χ4n) is 3.72. The van der Waals surface area contributed by atoms with Crippen LogP contribution in [0.15, 0.2) is 22.8 Å². The van der Waals surface area contributed by atoms with E-state index in [0.29, 0.717) is 17.9 Å². The van der Waals surface area contributed by atoms with Crippen LogP contribution in [0.2, 0.25) is 0 Å². The number of nitrogens with zero attached hydrogens (tertiary/aromatic N) is 1.